The number of amidine groups is 1. The van der Waals surface area contributed by atoms with Gasteiger partial charge in [-0.3, -0.25) is 5.32 Å². The molecule has 1 aliphatic heterocycles. The number of halogens is 2. The van der Waals surface area contributed by atoms with Crippen molar-refractivity contribution in [2.45, 2.75) is 26.7 Å². The van der Waals surface area contributed by atoms with Gasteiger partial charge in [-0.15, -0.1) is 0 Å². The maximum Gasteiger partial charge on any atom is 0.323 e. The highest BCUT2D eigenvalue weighted by Gasteiger charge is 2.20. The number of nitrogens with two attached hydrogens (primary N) is 1. The lowest BCUT2D eigenvalue weighted by molar-refractivity contribution is 0.199. The molecule has 146 valence electrons. The molecule has 2 amide bonds. The van der Waals surface area contributed by atoms with Crippen molar-refractivity contribution in [2.24, 2.45) is 10.7 Å². The number of nitrogens with one attached hydrogen (secondary N) is 2. The van der Waals surface area contributed by atoms with Gasteiger partial charge in [0.15, 0.2) is 0 Å². The molecule has 0 spiro atoms. The van der Waals surface area contributed by atoms with Gasteiger partial charge in [-0.2, -0.15) is 0 Å². The Bertz CT molecular complexity index is 757. The number of hydrogen-bond acceptors (Lipinski definition) is 3. The smallest absolute Gasteiger partial charge is 0.323 e. The molecule has 1 saturated heterocycles. The van der Waals surface area contributed by atoms with Crippen LogP contribution in [-0.2, 0) is 0 Å². The summed E-state index contributed by atoms with van der Waals surface area (Å²) in [7, 11) is 0. The van der Waals surface area contributed by atoms with Crippen LogP contribution in [0.15, 0.2) is 22.7 Å². The minimum Gasteiger partial charge on any atom is -0.387 e. The third-order valence-corrected chi connectivity index (χ3v) is 4.19. The number of benzene rings is 1. The number of thiocarbonyl (C=S) groups is 1. The molecule has 1 aromatic carbocycles. The summed E-state index contributed by atoms with van der Waals surface area (Å²) in [4.78, 5) is 17.5. The highest BCUT2D eigenvalue weighted by Crippen LogP contribution is 2.25. The molecule has 6 nitrogen and oxygen atoms in total. The summed E-state index contributed by atoms with van der Waals surface area (Å²) < 4.78 is 28.4. The molecule has 0 aliphatic carbocycles. The first kappa shape index (κ1) is 20.8. The Balaban J connectivity index is 2.00. The zero-order valence-corrected chi connectivity index (χ0v) is 16.1. The Morgan fingerprint density at radius 1 is 1.33 bits per heavy atom. The van der Waals surface area contributed by atoms with E-state index in [1.54, 1.807) is 11.8 Å². The van der Waals surface area contributed by atoms with Crippen LogP contribution in [0.4, 0.5) is 19.3 Å². The predicted octanol–water partition coefficient (Wildman–Crippen LogP) is 3.25. The monoisotopic (exact) mass is 395 g/mol. The van der Waals surface area contributed by atoms with Gasteiger partial charge in [-0.25, -0.2) is 18.6 Å². The number of hydrogen-bond donors (Lipinski definition) is 3. The Morgan fingerprint density at radius 2 is 1.93 bits per heavy atom. The topological polar surface area (TPSA) is 82.8 Å². The van der Waals surface area contributed by atoms with Crippen LogP contribution in [0.1, 0.15) is 32.3 Å². The maximum atomic E-state index is 14.2. The SMILES string of the molecule is CCNc1cc(F)c(C=C2CCN(C(=O)NC(=S)/N=C(/C)N)CC2)c(F)c1. The number of amides is 2. The Kier molecular flexibility index (Phi) is 7.23. The summed E-state index contributed by atoms with van der Waals surface area (Å²) in [5.41, 5.74) is 6.65. The van der Waals surface area contributed by atoms with E-state index in [0.29, 0.717) is 38.2 Å². The summed E-state index contributed by atoms with van der Waals surface area (Å²) in [6.07, 6.45) is 2.57. The minimum atomic E-state index is -0.612. The normalized spacial score (nSPS) is 14.7. The molecule has 2 rings (SSSR count). The number of nitrogens with zero attached hydrogens (tertiary/aromatic N) is 2. The molecule has 0 aromatic heterocycles. The highest BCUT2D eigenvalue weighted by molar-refractivity contribution is 7.80. The first-order chi connectivity index (χ1) is 12.8. The first-order valence-corrected chi connectivity index (χ1v) is 9.04. The molecule has 0 bridgehead atoms. The second-order valence-corrected chi connectivity index (χ2v) is 6.55. The van der Waals surface area contributed by atoms with Gasteiger partial charge in [0.2, 0.25) is 5.11 Å². The van der Waals surface area contributed by atoms with E-state index in [2.05, 4.69) is 15.6 Å². The van der Waals surface area contributed by atoms with Gasteiger partial charge in [-0.05, 0) is 57.1 Å². The Labute approximate surface area is 162 Å². The number of carbonyl (C=O) groups excluding carboxylic acids is 1. The van der Waals surface area contributed by atoms with Crippen molar-refractivity contribution in [1.82, 2.24) is 10.2 Å². The molecular formula is C18H23F2N5OS. The molecule has 1 heterocycles. The van der Waals surface area contributed by atoms with Crippen LogP contribution in [0.3, 0.4) is 0 Å². The average molecular weight is 395 g/mol. The van der Waals surface area contributed by atoms with Crippen LogP contribution in [-0.4, -0.2) is 41.5 Å². The van der Waals surface area contributed by atoms with Crippen LogP contribution in [0.2, 0.25) is 0 Å². The van der Waals surface area contributed by atoms with Gasteiger partial charge in [0.1, 0.15) is 11.6 Å². The molecule has 1 aromatic rings. The standard InChI is InChI=1S/C18H23F2N5OS/c1-3-22-13-9-15(19)14(16(20)10-13)8-12-4-6-25(7-5-12)18(26)24-17(27)23-11(2)21/h8-10,22H,3-7H2,1-2H3,(H3,21,23,24,26,27). The van der Waals surface area contributed by atoms with Crippen molar-refractivity contribution >= 4 is 41.0 Å². The molecular weight excluding hydrogens is 372 g/mol. The molecule has 0 saturated carbocycles. The van der Waals surface area contributed by atoms with Gasteiger partial charge in [0.25, 0.3) is 0 Å². The molecule has 1 aliphatic rings. The second-order valence-electron chi connectivity index (χ2n) is 6.16. The van der Waals surface area contributed by atoms with E-state index in [0.717, 1.165) is 5.57 Å². The van der Waals surface area contributed by atoms with Gasteiger partial charge >= 0.3 is 6.03 Å². The summed E-state index contributed by atoms with van der Waals surface area (Å²) in [6, 6.07) is 2.20. The van der Waals surface area contributed by atoms with Gasteiger partial charge < -0.3 is 16.0 Å². The van der Waals surface area contributed by atoms with Gasteiger partial charge in [-0.1, -0.05) is 5.57 Å². The second kappa shape index (κ2) is 9.40. The molecule has 0 radical (unpaired) electrons. The van der Waals surface area contributed by atoms with Crippen LogP contribution < -0.4 is 16.4 Å². The Hall–Kier alpha value is -2.55. The summed E-state index contributed by atoms with van der Waals surface area (Å²) in [5.74, 6) is -0.966. The van der Waals surface area contributed by atoms with E-state index in [1.807, 2.05) is 6.92 Å². The molecule has 0 atom stereocenters. The minimum absolute atomic E-state index is 0.00580. The van der Waals surface area contributed by atoms with E-state index in [-0.39, 0.29) is 22.5 Å². The number of anilines is 1. The van der Waals surface area contributed by atoms with Crippen molar-refractivity contribution in [2.75, 3.05) is 25.0 Å². The highest BCUT2D eigenvalue weighted by atomic mass is 32.1. The lowest BCUT2D eigenvalue weighted by atomic mass is 10.0. The maximum absolute atomic E-state index is 14.2. The van der Waals surface area contributed by atoms with Crippen LogP contribution in [0.25, 0.3) is 6.08 Å². The zero-order chi connectivity index (χ0) is 20.0. The predicted molar refractivity (Wildman–Crippen MR) is 108 cm³/mol. The fourth-order valence-electron chi connectivity index (χ4n) is 2.73. The number of rotatable bonds is 3. The summed E-state index contributed by atoms with van der Waals surface area (Å²) in [6.45, 7) is 4.84. The van der Waals surface area contributed by atoms with E-state index in [4.69, 9.17) is 18.0 Å². The third kappa shape index (κ3) is 5.99. The number of carbonyl (C=O) groups is 1. The largest absolute Gasteiger partial charge is 0.387 e. The zero-order valence-electron chi connectivity index (χ0n) is 15.3. The van der Waals surface area contributed by atoms with Crippen LogP contribution in [0, 0.1) is 11.6 Å². The van der Waals surface area contributed by atoms with Gasteiger partial charge in [0, 0.05) is 30.9 Å². The lowest BCUT2D eigenvalue weighted by Crippen LogP contribution is -2.44. The van der Waals surface area contributed by atoms with E-state index in [9.17, 15) is 13.6 Å². The molecule has 0 unspecified atom stereocenters. The van der Waals surface area contributed by atoms with Crippen molar-refractivity contribution in [3.63, 3.8) is 0 Å². The number of likely N-dealkylation sites (tertiary alicyclic amines) is 1. The van der Waals surface area contributed by atoms with E-state index in [1.165, 1.54) is 18.2 Å². The van der Waals surface area contributed by atoms with Gasteiger partial charge in [0.05, 0.1) is 5.84 Å². The van der Waals surface area contributed by atoms with Crippen LogP contribution >= 0.6 is 12.2 Å². The fraction of sp³-hybridized carbons (Fsp3) is 0.389. The van der Waals surface area contributed by atoms with Crippen molar-refractivity contribution in [3.8, 4) is 0 Å². The van der Waals surface area contributed by atoms with Crippen molar-refractivity contribution in [1.29, 1.82) is 0 Å². The summed E-state index contributed by atoms with van der Waals surface area (Å²) >= 11 is 4.92. The van der Waals surface area contributed by atoms with E-state index < -0.39 is 11.6 Å². The lowest BCUT2D eigenvalue weighted by Gasteiger charge is -2.28. The quantitative estimate of drug-likeness (QED) is 0.417. The van der Waals surface area contributed by atoms with Crippen molar-refractivity contribution in [3.05, 3.63) is 34.9 Å². The fourth-order valence-corrected chi connectivity index (χ4v) is 2.96. The molecule has 1 fully saturated rings. The number of piperidine rings is 1. The summed E-state index contributed by atoms with van der Waals surface area (Å²) in [5, 5.41) is 5.38. The molecule has 27 heavy (non-hydrogen) atoms. The van der Waals surface area contributed by atoms with Crippen LogP contribution in [0.5, 0.6) is 0 Å². The third-order valence-electron chi connectivity index (χ3n) is 3.99. The van der Waals surface area contributed by atoms with Crippen molar-refractivity contribution < 1.29 is 13.6 Å². The Morgan fingerprint density at radius 3 is 2.44 bits per heavy atom. The van der Waals surface area contributed by atoms with E-state index >= 15 is 0 Å². The molecule has 9 heteroatoms. The first-order valence-electron chi connectivity index (χ1n) is 8.63. The average Bonchev–Trinajstić information content (AvgIpc) is 2.58. The number of urea groups is 1. The number of aliphatic imine (C=N–C) groups is 1. The molecule has 4 N–H and O–H groups in total.